The molecule has 254 valence electrons. The van der Waals surface area contributed by atoms with Crippen LogP contribution in [0.2, 0.25) is 0 Å². The molecule has 0 amide bonds. The molecule has 2 aliphatic heterocycles. The van der Waals surface area contributed by atoms with E-state index in [4.69, 9.17) is 0 Å². The van der Waals surface area contributed by atoms with E-state index in [1.165, 1.54) is 72.0 Å². The topological polar surface area (TPSA) is 33.1 Å². The zero-order valence-corrected chi connectivity index (χ0v) is 29.4. The van der Waals surface area contributed by atoms with Crippen LogP contribution in [0.15, 0.2) is 195 Å². The third-order valence-corrected chi connectivity index (χ3v) is 11.0. The summed E-state index contributed by atoms with van der Waals surface area (Å²) < 4.78 is 2.37. The van der Waals surface area contributed by atoms with E-state index < -0.39 is 0 Å². The van der Waals surface area contributed by atoms with Gasteiger partial charge in [0, 0.05) is 51.6 Å². The van der Waals surface area contributed by atoms with Gasteiger partial charge < -0.3 is 14.8 Å². The second-order valence-corrected chi connectivity index (χ2v) is 14.1. The molecule has 2 aromatic heterocycles. The molecule has 0 saturated heterocycles. The van der Waals surface area contributed by atoms with Gasteiger partial charge in [0.1, 0.15) is 6.17 Å². The Kier molecular flexibility index (Phi) is 6.89. The molecule has 4 nitrogen and oxygen atoms in total. The number of anilines is 2. The van der Waals surface area contributed by atoms with E-state index in [-0.39, 0.29) is 6.17 Å². The summed E-state index contributed by atoms with van der Waals surface area (Å²) in [5, 5.41) is 8.74. The summed E-state index contributed by atoms with van der Waals surface area (Å²) >= 11 is 0. The predicted octanol–water partition coefficient (Wildman–Crippen LogP) is 12.5. The summed E-state index contributed by atoms with van der Waals surface area (Å²) in [6.45, 7) is 0. The Balaban J connectivity index is 1.02. The van der Waals surface area contributed by atoms with Crippen LogP contribution in [0.25, 0.3) is 77.2 Å². The van der Waals surface area contributed by atoms with Gasteiger partial charge in [-0.25, -0.2) is 0 Å². The van der Waals surface area contributed by atoms with Crippen molar-refractivity contribution in [3.05, 3.63) is 200 Å². The highest BCUT2D eigenvalue weighted by molar-refractivity contribution is 6.10. The molecule has 0 aliphatic carbocycles. The van der Waals surface area contributed by atoms with Crippen LogP contribution in [0.1, 0.15) is 5.56 Å². The highest BCUT2D eigenvalue weighted by Crippen LogP contribution is 2.48. The summed E-state index contributed by atoms with van der Waals surface area (Å²) in [5.74, 6) is 0. The van der Waals surface area contributed by atoms with Gasteiger partial charge in [0.2, 0.25) is 0 Å². The lowest BCUT2D eigenvalue weighted by molar-refractivity contribution is 0.911. The number of nitrogens with zero attached hydrogens (tertiary/aromatic N) is 3. The summed E-state index contributed by atoms with van der Waals surface area (Å²) in [5.41, 5.74) is 15.3. The predicted molar refractivity (Wildman–Crippen MR) is 226 cm³/mol. The summed E-state index contributed by atoms with van der Waals surface area (Å²) in [6.07, 6.45) is 10.8. The first kappa shape index (κ1) is 30.5. The highest BCUT2D eigenvalue weighted by Gasteiger charge is 2.31. The van der Waals surface area contributed by atoms with Crippen molar-refractivity contribution in [1.82, 2.24) is 9.55 Å². The number of hydrogen-bond donors (Lipinski definition) is 1. The first-order chi connectivity index (χ1) is 26.8. The monoisotopic (exact) mass is 690 g/mol. The van der Waals surface area contributed by atoms with Gasteiger partial charge in [-0.05, 0) is 87.3 Å². The molecule has 1 N–H and O–H groups in total. The normalized spacial score (nSPS) is 14.6. The molecule has 1 atom stereocenters. The first-order valence-electron chi connectivity index (χ1n) is 18.5. The van der Waals surface area contributed by atoms with Gasteiger partial charge in [0.05, 0.1) is 22.4 Å². The average Bonchev–Trinajstić information content (AvgIpc) is 3.79. The molecule has 0 fully saturated rings. The molecular formula is C50H34N4. The van der Waals surface area contributed by atoms with Crippen LogP contribution in [0, 0.1) is 0 Å². The number of rotatable bonds is 5. The van der Waals surface area contributed by atoms with Crippen molar-refractivity contribution in [2.45, 2.75) is 6.17 Å². The fourth-order valence-corrected chi connectivity index (χ4v) is 8.41. The second kappa shape index (κ2) is 12.2. The van der Waals surface area contributed by atoms with E-state index >= 15 is 0 Å². The summed E-state index contributed by atoms with van der Waals surface area (Å²) in [7, 11) is 0. The number of aromatic nitrogens is 2. The third kappa shape index (κ3) is 4.88. The molecule has 4 heteroatoms. The van der Waals surface area contributed by atoms with Gasteiger partial charge >= 0.3 is 0 Å². The maximum atomic E-state index is 4.54. The van der Waals surface area contributed by atoms with Crippen LogP contribution in [-0.4, -0.2) is 15.7 Å². The smallest absolute Gasteiger partial charge is 0.123 e. The minimum atomic E-state index is 0.0123. The lowest BCUT2D eigenvalue weighted by Gasteiger charge is -2.25. The van der Waals surface area contributed by atoms with Gasteiger partial charge in [-0.3, -0.25) is 4.98 Å². The summed E-state index contributed by atoms with van der Waals surface area (Å²) in [6, 6.07) is 59.0. The molecule has 9 aromatic rings. The Morgan fingerprint density at radius 2 is 1.19 bits per heavy atom. The van der Waals surface area contributed by atoms with Crippen molar-refractivity contribution in [3.8, 4) is 39.1 Å². The Bertz CT molecular complexity index is 2950. The largest absolute Gasteiger partial charge is 0.359 e. The molecular weight excluding hydrogens is 657 g/mol. The molecule has 0 bridgehead atoms. The van der Waals surface area contributed by atoms with Crippen LogP contribution in [-0.2, 0) is 0 Å². The van der Waals surface area contributed by atoms with E-state index in [1.807, 2.05) is 12.4 Å². The number of nitrogens with one attached hydrogen (secondary N) is 1. The van der Waals surface area contributed by atoms with Gasteiger partial charge in [0.25, 0.3) is 0 Å². The van der Waals surface area contributed by atoms with Crippen LogP contribution in [0.3, 0.4) is 0 Å². The Hall–Kier alpha value is -7.17. The SMILES string of the molecule is C1=CC2Nc3c(-c4ccc(-c5cncc6ccccc56)cc4)cc(-c4ccccc4)cc3N2C=C1c1ccc2c(c1)c1ccccc1n2-c1ccccc1. The number of hydrogen-bond acceptors (Lipinski definition) is 3. The quantitative estimate of drug-likeness (QED) is 0.195. The van der Waals surface area contributed by atoms with E-state index in [1.54, 1.807) is 0 Å². The fourth-order valence-electron chi connectivity index (χ4n) is 8.41. The minimum absolute atomic E-state index is 0.0123. The lowest BCUT2D eigenvalue weighted by Crippen LogP contribution is -2.31. The number of benzene rings is 7. The van der Waals surface area contributed by atoms with Gasteiger partial charge in [-0.15, -0.1) is 0 Å². The van der Waals surface area contributed by atoms with E-state index in [9.17, 15) is 0 Å². The number of para-hydroxylation sites is 2. The molecule has 0 spiro atoms. The van der Waals surface area contributed by atoms with Gasteiger partial charge in [0.15, 0.2) is 0 Å². The van der Waals surface area contributed by atoms with Crippen LogP contribution < -0.4 is 10.2 Å². The van der Waals surface area contributed by atoms with E-state index in [0.717, 1.165) is 22.2 Å². The maximum absolute atomic E-state index is 4.54. The second-order valence-electron chi connectivity index (χ2n) is 14.1. The fraction of sp³-hybridized carbons (Fsp3) is 0.0200. The Labute approximate surface area is 313 Å². The number of pyridine rings is 1. The van der Waals surface area contributed by atoms with Crippen LogP contribution >= 0.6 is 0 Å². The molecule has 2 aliphatic rings. The van der Waals surface area contributed by atoms with Crippen molar-refractivity contribution in [1.29, 1.82) is 0 Å². The van der Waals surface area contributed by atoms with E-state index in [0.29, 0.717) is 0 Å². The number of fused-ring (bicyclic) bond motifs is 7. The minimum Gasteiger partial charge on any atom is -0.359 e. The molecule has 11 rings (SSSR count). The van der Waals surface area contributed by atoms with Crippen LogP contribution in [0.4, 0.5) is 11.4 Å². The summed E-state index contributed by atoms with van der Waals surface area (Å²) in [4.78, 5) is 6.94. The molecule has 4 heterocycles. The first-order valence-corrected chi connectivity index (χ1v) is 18.5. The Morgan fingerprint density at radius 1 is 0.500 bits per heavy atom. The molecule has 54 heavy (non-hydrogen) atoms. The van der Waals surface area contributed by atoms with Crippen molar-refractivity contribution >= 4 is 49.5 Å². The van der Waals surface area contributed by atoms with Crippen molar-refractivity contribution in [3.63, 3.8) is 0 Å². The standard InChI is InChI=1S/C50H34N4/c1-3-11-33(12-4-1)39-28-43(34-19-21-35(22-20-34)45-31-51-30-37-13-7-8-16-41(37)45)50-48(29-39)53-32-38(24-26-49(53)52-50)36-23-25-47-44(27-36)42-17-9-10-18-46(42)54(47)40-14-5-2-6-15-40/h1-32,49,52H. The van der Waals surface area contributed by atoms with Crippen molar-refractivity contribution < 1.29 is 0 Å². The average molecular weight is 691 g/mol. The zero-order chi connectivity index (χ0) is 35.6. The third-order valence-electron chi connectivity index (χ3n) is 11.0. The van der Waals surface area contributed by atoms with E-state index in [2.05, 4.69) is 202 Å². The molecule has 1 unspecified atom stereocenters. The molecule has 0 radical (unpaired) electrons. The molecule has 7 aromatic carbocycles. The van der Waals surface area contributed by atoms with Gasteiger partial charge in [-0.1, -0.05) is 127 Å². The maximum Gasteiger partial charge on any atom is 0.123 e. The van der Waals surface area contributed by atoms with Crippen molar-refractivity contribution in [2.75, 3.05) is 10.2 Å². The lowest BCUT2D eigenvalue weighted by atomic mass is 9.94. The zero-order valence-electron chi connectivity index (χ0n) is 29.4. The Morgan fingerprint density at radius 3 is 2.02 bits per heavy atom. The van der Waals surface area contributed by atoms with Gasteiger partial charge in [-0.2, -0.15) is 0 Å². The number of allylic oxidation sites excluding steroid dienone is 2. The highest BCUT2D eigenvalue weighted by atomic mass is 15.3. The van der Waals surface area contributed by atoms with Crippen LogP contribution in [0.5, 0.6) is 0 Å². The van der Waals surface area contributed by atoms with Crippen molar-refractivity contribution in [2.24, 2.45) is 0 Å². The molecule has 0 saturated carbocycles.